The van der Waals surface area contributed by atoms with Crippen LogP contribution in [0.15, 0.2) is 53.4 Å². The number of sulfonamides is 1. The minimum Gasteiger partial charge on any atom is -0.493 e. The topological polar surface area (TPSA) is 102 Å². The third kappa shape index (κ3) is 5.31. The van der Waals surface area contributed by atoms with Crippen molar-refractivity contribution in [1.29, 1.82) is 0 Å². The van der Waals surface area contributed by atoms with E-state index >= 15 is 0 Å². The molecule has 2 aromatic rings. The van der Waals surface area contributed by atoms with Gasteiger partial charge in [0.15, 0.2) is 11.5 Å². The van der Waals surface area contributed by atoms with Gasteiger partial charge in [-0.15, -0.1) is 0 Å². The zero-order chi connectivity index (χ0) is 22.3. The summed E-state index contributed by atoms with van der Waals surface area (Å²) in [5, 5.41) is 9.92. The summed E-state index contributed by atoms with van der Waals surface area (Å²) in [7, 11) is -0.214. The van der Waals surface area contributed by atoms with E-state index in [0.29, 0.717) is 11.3 Å². The predicted octanol–water partition coefficient (Wildman–Crippen LogP) is 2.47. The Morgan fingerprint density at radius 2 is 1.80 bits per heavy atom. The fourth-order valence-corrected chi connectivity index (χ4v) is 4.52. The Balaban J connectivity index is 2.70. The zero-order valence-electron chi connectivity index (χ0n) is 17.2. The van der Waals surface area contributed by atoms with Crippen LogP contribution in [0.25, 0.3) is 6.08 Å². The lowest BCUT2D eigenvalue weighted by molar-refractivity contribution is -0.134. The molecule has 2 rings (SSSR count). The second-order valence-corrected chi connectivity index (χ2v) is 8.16. The largest absolute Gasteiger partial charge is 0.493 e. The van der Waals surface area contributed by atoms with E-state index in [1.54, 1.807) is 36.4 Å². The lowest BCUT2D eigenvalue weighted by Crippen LogP contribution is -2.37. The number of rotatable bonds is 9. The van der Waals surface area contributed by atoms with E-state index in [4.69, 9.17) is 9.47 Å². The maximum Gasteiger partial charge on any atom is 0.330 e. The molecule has 0 spiro atoms. The van der Waals surface area contributed by atoms with Crippen LogP contribution in [0.2, 0.25) is 0 Å². The van der Waals surface area contributed by atoms with Crippen molar-refractivity contribution < 1.29 is 32.5 Å². The van der Waals surface area contributed by atoms with E-state index in [0.717, 1.165) is 4.31 Å². The van der Waals surface area contributed by atoms with Gasteiger partial charge in [0.2, 0.25) is 0 Å². The van der Waals surface area contributed by atoms with Gasteiger partial charge in [-0.3, -0.25) is 4.31 Å². The van der Waals surface area contributed by atoms with Crippen molar-refractivity contribution >= 4 is 27.8 Å². The molecule has 9 heteroatoms. The first kappa shape index (κ1) is 23.2. The summed E-state index contributed by atoms with van der Waals surface area (Å²) in [6, 6.07) is 11.3. The van der Waals surface area contributed by atoms with Gasteiger partial charge in [-0.05, 0) is 42.8 Å². The lowest BCUT2D eigenvalue weighted by atomic mass is 10.2. The molecule has 0 bridgehead atoms. The molecule has 0 heterocycles. The molecule has 1 N–H and O–H groups in total. The third-order valence-electron chi connectivity index (χ3n) is 4.12. The first-order chi connectivity index (χ1) is 14.2. The Morgan fingerprint density at radius 3 is 2.33 bits per heavy atom. The third-order valence-corrected chi connectivity index (χ3v) is 5.92. The summed E-state index contributed by atoms with van der Waals surface area (Å²) in [5.41, 5.74) is 0.775. The number of benzene rings is 2. The molecule has 0 radical (unpaired) electrons. The van der Waals surface area contributed by atoms with Crippen LogP contribution < -0.4 is 13.8 Å². The highest BCUT2D eigenvalue weighted by Gasteiger charge is 2.31. The average Bonchev–Trinajstić information content (AvgIpc) is 2.75. The number of hydrogen-bond acceptors (Lipinski definition) is 7. The van der Waals surface area contributed by atoms with Gasteiger partial charge in [-0.25, -0.2) is 13.2 Å². The van der Waals surface area contributed by atoms with Crippen molar-refractivity contribution in [2.24, 2.45) is 0 Å². The predicted molar refractivity (Wildman–Crippen MR) is 113 cm³/mol. The van der Waals surface area contributed by atoms with Crippen LogP contribution >= 0.6 is 0 Å². The van der Waals surface area contributed by atoms with Crippen molar-refractivity contribution in [1.82, 2.24) is 0 Å². The fourth-order valence-electron chi connectivity index (χ4n) is 2.77. The number of esters is 1. The molecule has 8 nitrogen and oxygen atoms in total. The van der Waals surface area contributed by atoms with Gasteiger partial charge in [0.1, 0.15) is 4.90 Å². The van der Waals surface area contributed by atoms with Crippen LogP contribution in [-0.2, 0) is 19.6 Å². The standard InChI is InChI=1S/C21H25NO7S/c1-15(23)14-22(17-8-6-5-7-9-17)30(25,26)19-13-16(10-11-20(24)28-3)12-18(27-2)21(19)29-4/h5-13,15,23H,14H2,1-4H3/b11-10+. The molecule has 1 unspecified atom stereocenters. The van der Waals surface area contributed by atoms with Crippen LogP contribution in [0.3, 0.4) is 0 Å². The molecule has 0 amide bonds. The van der Waals surface area contributed by atoms with Crippen molar-refractivity contribution in [2.75, 3.05) is 32.2 Å². The summed E-state index contributed by atoms with van der Waals surface area (Å²) in [6.45, 7) is 1.33. The monoisotopic (exact) mass is 435 g/mol. The summed E-state index contributed by atoms with van der Waals surface area (Å²) < 4.78 is 43.6. The van der Waals surface area contributed by atoms with Gasteiger partial charge in [0.05, 0.1) is 39.7 Å². The smallest absolute Gasteiger partial charge is 0.330 e. The number of hydrogen-bond donors (Lipinski definition) is 1. The maximum absolute atomic E-state index is 13.6. The molecule has 0 saturated carbocycles. The van der Waals surface area contributed by atoms with Gasteiger partial charge in [-0.1, -0.05) is 18.2 Å². The quantitative estimate of drug-likeness (QED) is 0.477. The number of para-hydroxylation sites is 1. The van der Waals surface area contributed by atoms with E-state index in [2.05, 4.69) is 4.74 Å². The van der Waals surface area contributed by atoms with Crippen molar-refractivity contribution in [3.63, 3.8) is 0 Å². The first-order valence-corrected chi connectivity index (χ1v) is 10.5. The molecule has 1 atom stereocenters. The second-order valence-electron chi connectivity index (χ2n) is 6.33. The number of anilines is 1. The van der Waals surface area contributed by atoms with Crippen molar-refractivity contribution in [3.8, 4) is 11.5 Å². The molecular weight excluding hydrogens is 410 g/mol. The Bertz CT molecular complexity index is 1000. The summed E-state index contributed by atoms with van der Waals surface area (Å²) in [6.07, 6.45) is 1.66. The normalized spacial score (nSPS) is 12.4. The summed E-state index contributed by atoms with van der Waals surface area (Å²) >= 11 is 0. The minimum absolute atomic E-state index is 0.0132. The fraction of sp³-hybridized carbons (Fsp3) is 0.286. The van der Waals surface area contributed by atoms with Gasteiger partial charge in [0.25, 0.3) is 10.0 Å². The van der Waals surface area contributed by atoms with Crippen LogP contribution in [0.4, 0.5) is 5.69 Å². The Hall–Kier alpha value is -3.04. The number of carbonyl (C=O) groups is 1. The maximum atomic E-state index is 13.6. The SMILES string of the molecule is COC(=O)/C=C/c1cc(OC)c(OC)c(S(=O)(=O)N(CC(C)O)c2ccccc2)c1. The van der Waals surface area contributed by atoms with E-state index in [9.17, 15) is 18.3 Å². The molecule has 2 aromatic carbocycles. The number of aliphatic hydroxyl groups is 1. The highest BCUT2D eigenvalue weighted by Crippen LogP contribution is 2.38. The Labute approximate surface area is 176 Å². The summed E-state index contributed by atoms with van der Waals surface area (Å²) in [4.78, 5) is 11.3. The number of carbonyl (C=O) groups excluding carboxylic acids is 1. The molecule has 0 aliphatic carbocycles. The number of nitrogens with zero attached hydrogens (tertiary/aromatic N) is 1. The Morgan fingerprint density at radius 1 is 1.13 bits per heavy atom. The zero-order valence-corrected chi connectivity index (χ0v) is 18.0. The van der Waals surface area contributed by atoms with E-state index < -0.39 is 22.1 Å². The number of methoxy groups -OCH3 is 3. The van der Waals surface area contributed by atoms with Crippen LogP contribution in [0.1, 0.15) is 12.5 Å². The highest BCUT2D eigenvalue weighted by atomic mass is 32.2. The van der Waals surface area contributed by atoms with E-state index in [1.165, 1.54) is 46.5 Å². The van der Waals surface area contributed by atoms with E-state index in [1.807, 2.05) is 0 Å². The minimum atomic E-state index is -4.17. The van der Waals surface area contributed by atoms with Crippen LogP contribution in [0.5, 0.6) is 11.5 Å². The number of ether oxygens (including phenoxy) is 3. The van der Waals surface area contributed by atoms with Crippen molar-refractivity contribution in [2.45, 2.75) is 17.9 Å². The molecule has 0 aliphatic rings. The second kappa shape index (κ2) is 10.1. The molecule has 0 aromatic heterocycles. The first-order valence-electron chi connectivity index (χ1n) is 9.02. The molecule has 0 saturated heterocycles. The average molecular weight is 435 g/mol. The molecular formula is C21H25NO7S. The van der Waals surface area contributed by atoms with Crippen LogP contribution in [0, 0.1) is 0 Å². The molecule has 0 aliphatic heterocycles. The molecule has 162 valence electrons. The lowest BCUT2D eigenvalue weighted by Gasteiger charge is -2.27. The van der Waals surface area contributed by atoms with E-state index in [-0.39, 0.29) is 22.9 Å². The van der Waals surface area contributed by atoms with Crippen LogP contribution in [-0.4, -0.2) is 53.5 Å². The van der Waals surface area contributed by atoms with Gasteiger partial charge >= 0.3 is 5.97 Å². The van der Waals surface area contributed by atoms with Gasteiger partial charge in [0, 0.05) is 6.08 Å². The Kier molecular flexibility index (Phi) is 7.85. The number of aliphatic hydroxyl groups excluding tert-OH is 1. The van der Waals surface area contributed by atoms with Crippen molar-refractivity contribution in [3.05, 3.63) is 54.1 Å². The van der Waals surface area contributed by atoms with Gasteiger partial charge in [-0.2, -0.15) is 0 Å². The summed E-state index contributed by atoms with van der Waals surface area (Å²) in [5.74, 6) is -0.401. The molecule has 0 fully saturated rings. The van der Waals surface area contributed by atoms with Gasteiger partial charge < -0.3 is 19.3 Å². The highest BCUT2D eigenvalue weighted by molar-refractivity contribution is 7.93. The molecule has 30 heavy (non-hydrogen) atoms.